The molecule has 0 saturated heterocycles. The zero-order chi connectivity index (χ0) is 17.4. The smallest absolute Gasteiger partial charge is 0.374 e. The van der Waals surface area contributed by atoms with E-state index >= 15 is 0 Å². The first-order valence-corrected chi connectivity index (χ1v) is 12.3. The zero-order valence-corrected chi connectivity index (χ0v) is 17.5. The lowest BCUT2D eigenvalue weighted by atomic mass is 10.1. The van der Waals surface area contributed by atoms with E-state index in [1.165, 1.54) is 64.2 Å². The Morgan fingerprint density at radius 1 is 0.696 bits per heavy atom. The van der Waals surface area contributed by atoms with Crippen LogP contribution in [0.3, 0.4) is 0 Å². The second-order valence-electron chi connectivity index (χ2n) is 6.63. The fourth-order valence-electron chi connectivity index (χ4n) is 2.98. The molecule has 140 valence electrons. The van der Waals surface area contributed by atoms with Crippen LogP contribution in [0.15, 0.2) is 0 Å². The summed E-state index contributed by atoms with van der Waals surface area (Å²) in [6, 6.07) is 0. The van der Waals surface area contributed by atoms with Crippen LogP contribution < -0.4 is 0 Å². The average Bonchev–Trinajstić information content (AvgIpc) is 2.49. The number of hydrogen-bond acceptors (Lipinski definition) is 3. The summed E-state index contributed by atoms with van der Waals surface area (Å²) in [5.41, 5.74) is 0. The Labute approximate surface area is 146 Å². The third kappa shape index (κ3) is 14.2. The van der Waals surface area contributed by atoms with Gasteiger partial charge < -0.3 is 13.3 Å². The van der Waals surface area contributed by atoms with Crippen LogP contribution in [0.4, 0.5) is 0 Å². The molecule has 0 bridgehead atoms. The van der Waals surface area contributed by atoms with Crippen LogP contribution in [0.2, 0.25) is 6.55 Å². The second-order valence-corrected chi connectivity index (χ2v) is 9.17. The SMILES string of the molecule is CCCCCCCCCCCCC(C)O[Si](C)(OCC)OCC. The van der Waals surface area contributed by atoms with E-state index in [9.17, 15) is 0 Å². The largest absolute Gasteiger partial charge is 0.497 e. The molecule has 0 aromatic heterocycles. The van der Waals surface area contributed by atoms with E-state index in [0.717, 1.165) is 6.42 Å². The molecule has 1 unspecified atom stereocenters. The van der Waals surface area contributed by atoms with Crippen LogP contribution in [0.5, 0.6) is 0 Å². The summed E-state index contributed by atoms with van der Waals surface area (Å²) in [5.74, 6) is 0. The molecule has 1 atom stereocenters. The Morgan fingerprint density at radius 2 is 1.13 bits per heavy atom. The van der Waals surface area contributed by atoms with E-state index < -0.39 is 8.80 Å². The van der Waals surface area contributed by atoms with Crippen LogP contribution >= 0.6 is 0 Å². The summed E-state index contributed by atoms with van der Waals surface area (Å²) >= 11 is 0. The molecule has 0 N–H and O–H groups in total. The van der Waals surface area contributed by atoms with Gasteiger partial charge in [0.2, 0.25) is 0 Å². The third-order valence-corrected chi connectivity index (χ3v) is 6.65. The molecule has 23 heavy (non-hydrogen) atoms. The van der Waals surface area contributed by atoms with Crippen molar-refractivity contribution in [3.8, 4) is 0 Å². The molecule has 0 saturated carbocycles. The van der Waals surface area contributed by atoms with Crippen molar-refractivity contribution in [1.29, 1.82) is 0 Å². The molecule has 0 heterocycles. The molecule has 0 amide bonds. The molecule has 0 aliphatic carbocycles. The number of unbranched alkanes of at least 4 members (excludes halogenated alkanes) is 9. The Balaban J connectivity index is 3.56. The van der Waals surface area contributed by atoms with Gasteiger partial charge in [-0.25, -0.2) is 0 Å². The summed E-state index contributed by atoms with van der Waals surface area (Å²) in [6.07, 6.45) is 15.1. The van der Waals surface area contributed by atoms with Gasteiger partial charge in [0.1, 0.15) is 0 Å². The van der Waals surface area contributed by atoms with E-state index in [1.807, 2.05) is 20.4 Å². The van der Waals surface area contributed by atoms with Crippen LogP contribution in [0, 0.1) is 0 Å². The number of hydrogen-bond donors (Lipinski definition) is 0. The van der Waals surface area contributed by atoms with E-state index in [2.05, 4.69) is 13.8 Å². The van der Waals surface area contributed by atoms with E-state index in [1.54, 1.807) is 0 Å². The van der Waals surface area contributed by atoms with Crippen molar-refractivity contribution >= 4 is 8.80 Å². The van der Waals surface area contributed by atoms with Gasteiger partial charge in [0.15, 0.2) is 0 Å². The minimum atomic E-state index is -2.41. The van der Waals surface area contributed by atoms with Gasteiger partial charge in [-0.05, 0) is 27.2 Å². The molecular formula is C19H42O3Si. The van der Waals surface area contributed by atoms with Crippen molar-refractivity contribution in [2.45, 2.75) is 111 Å². The van der Waals surface area contributed by atoms with Crippen molar-refractivity contribution in [3.63, 3.8) is 0 Å². The quantitative estimate of drug-likeness (QED) is 0.227. The first-order chi connectivity index (χ1) is 11.1. The highest BCUT2D eigenvalue weighted by Crippen LogP contribution is 2.17. The maximum absolute atomic E-state index is 6.10. The van der Waals surface area contributed by atoms with Crippen molar-refractivity contribution in [1.82, 2.24) is 0 Å². The monoisotopic (exact) mass is 346 g/mol. The van der Waals surface area contributed by atoms with E-state index in [4.69, 9.17) is 13.3 Å². The molecule has 0 spiro atoms. The molecule has 0 fully saturated rings. The minimum absolute atomic E-state index is 0.235. The van der Waals surface area contributed by atoms with Gasteiger partial charge in [0, 0.05) is 25.9 Å². The highest BCUT2D eigenvalue weighted by Gasteiger charge is 2.35. The van der Waals surface area contributed by atoms with Gasteiger partial charge in [-0.2, -0.15) is 0 Å². The van der Waals surface area contributed by atoms with Crippen molar-refractivity contribution in [3.05, 3.63) is 0 Å². The minimum Gasteiger partial charge on any atom is -0.374 e. The fourth-order valence-corrected chi connectivity index (χ4v) is 5.09. The first kappa shape index (κ1) is 23.1. The standard InChI is InChI=1S/C19H42O3Si/c1-6-9-10-11-12-13-14-15-16-17-18-19(4)22-23(5,20-7-2)21-8-3/h19H,6-18H2,1-5H3. The van der Waals surface area contributed by atoms with E-state index in [0.29, 0.717) is 13.2 Å². The number of rotatable bonds is 17. The maximum atomic E-state index is 6.10. The Bertz CT molecular complexity index is 243. The van der Waals surface area contributed by atoms with Crippen LogP contribution in [-0.2, 0) is 13.3 Å². The lowest BCUT2D eigenvalue weighted by molar-refractivity contribution is 0.0407. The summed E-state index contributed by atoms with van der Waals surface area (Å²) in [4.78, 5) is 0. The van der Waals surface area contributed by atoms with E-state index in [-0.39, 0.29) is 6.10 Å². The van der Waals surface area contributed by atoms with Gasteiger partial charge in [-0.3, -0.25) is 0 Å². The Hall–Kier alpha value is 0.0969. The van der Waals surface area contributed by atoms with Gasteiger partial charge in [0.05, 0.1) is 0 Å². The molecule has 3 nitrogen and oxygen atoms in total. The third-order valence-electron chi connectivity index (χ3n) is 4.19. The normalized spacial score (nSPS) is 13.4. The van der Waals surface area contributed by atoms with Gasteiger partial charge in [-0.15, -0.1) is 0 Å². The molecule has 0 aliphatic heterocycles. The summed E-state index contributed by atoms with van der Waals surface area (Å²) in [6.45, 7) is 11.8. The van der Waals surface area contributed by atoms with Crippen LogP contribution in [0.1, 0.15) is 98.3 Å². The molecule has 0 radical (unpaired) electrons. The highest BCUT2D eigenvalue weighted by molar-refractivity contribution is 6.59. The summed E-state index contributed by atoms with van der Waals surface area (Å²) in [7, 11) is -2.41. The van der Waals surface area contributed by atoms with Crippen LogP contribution in [-0.4, -0.2) is 28.1 Å². The molecule has 0 aromatic rings. The second kappa shape index (κ2) is 15.6. The zero-order valence-electron chi connectivity index (χ0n) is 16.5. The van der Waals surface area contributed by atoms with Crippen molar-refractivity contribution in [2.24, 2.45) is 0 Å². The van der Waals surface area contributed by atoms with Crippen LogP contribution in [0.25, 0.3) is 0 Å². The molecule has 0 rings (SSSR count). The predicted molar refractivity (Wildman–Crippen MR) is 102 cm³/mol. The maximum Gasteiger partial charge on any atom is 0.497 e. The highest BCUT2D eigenvalue weighted by atomic mass is 28.4. The fraction of sp³-hybridized carbons (Fsp3) is 1.00. The van der Waals surface area contributed by atoms with Gasteiger partial charge >= 0.3 is 8.80 Å². The Kier molecular flexibility index (Phi) is 15.7. The molecule has 0 aromatic carbocycles. The molecular weight excluding hydrogens is 304 g/mol. The topological polar surface area (TPSA) is 27.7 Å². The van der Waals surface area contributed by atoms with Gasteiger partial charge in [-0.1, -0.05) is 71.1 Å². The molecule has 0 aliphatic rings. The summed E-state index contributed by atoms with van der Waals surface area (Å²) in [5, 5.41) is 0. The van der Waals surface area contributed by atoms with Crippen molar-refractivity contribution in [2.75, 3.05) is 13.2 Å². The average molecular weight is 347 g/mol. The molecule has 4 heteroatoms. The van der Waals surface area contributed by atoms with Crippen molar-refractivity contribution < 1.29 is 13.3 Å². The Morgan fingerprint density at radius 3 is 1.57 bits per heavy atom. The lowest BCUT2D eigenvalue weighted by Gasteiger charge is -2.28. The predicted octanol–water partition coefficient (Wildman–Crippen LogP) is 6.34. The first-order valence-electron chi connectivity index (χ1n) is 10.0. The lowest BCUT2D eigenvalue weighted by Crippen LogP contribution is -2.45. The summed E-state index contributed by atoms with van der Waals surface area (Å²) < 4.78 is 17.6. The van der Waals surface area contributed by atoms with Gasteiger partial charge in [0.25, 0.3) is 0 Å².